The number of rotatable bonds is 3. The Morgan fingerprint density at radius 1 is 1.75 bits per heavy atom. The standard InChI is InChI=1S/C4H12N2O.ClH/c1-4(6-5)2-3-7;/h4,6-7H,2-3,5H2,1H3;1H/t4-;/m1./s1. The molecule has 0 amide bonds. The number of hydrazine groups is 1. The Balaban J connectivity index is 0. The second-order valence-corrected chi connectivity index (χ2v) is 1.58. The molecule has 0 aromatic carbocycles. The van der Waals surface area contributed by atoms with Gasteiger partial charge in [-0.15, -0.1) is 12.4 Å². The lowest BCUT2D eigenvalue weighted by atomic mass is 10.3. The van der Waals surface area contributed by atoms with E-state index >= 15 is 0 Å². The summed E-state index contributed by atoms with van der Waals surface area (Å²) in [6.07, 6.45) is 0.719. The van der Waals surface area contributed by atoms with E-state index in [-0.39, 0.29) is 25.1 Å². The predicted octanol–water partition coefficient (Wildman–Crippen LogP) is -0.358. The van der Waals surface area contributed by atoms with Crippen LogP contribution >= 0.6 is 12.4 Å². The summed E-state index contributed by atoms with van der Waals surface area (Å²) in [7, 11) is 0. The Labute approximate surface area is 55.6 Å². The van der Waals surface area contributed by atoms with Gasteiger partial charge in [0.2, 0.25) is 0 Å². The molecule has 0 aliphatic carbocycles. The molecule has 0 heterocycles. The van der Waals surface area contributed by atoms with Gasteiger partial charge >= 0.3 is 0 Å². The number of nitrogens with two attached hydrogens (primary N) is 1. The van der Waals surface area contributed by atoms with Gasteiger partial charge in [-0.1, -0.05) is 0 Å². The van der Waals surface area contributed by atoms with E-state index < -0.39 is 0 Å². The summed E-state index contributed by atoms with van der Waals surface area (Å²) in [6, 6.07) is 0.227. The zero-order chi connectivity index (χ0) is 5.70. The van der Waals surface area contributed by atoms with Crippen molar-refractivity contribution in [1.29, 1.82) is 0 Å². The first-order valence-electron chi connectivity index (χ1n) is 2.38. The van der Waals surface area contributed by atoms with Gasteiger partial charge in [-0.05, 0) is 13.3 Å². The Bertz CT molecular complexity index is 45.0. The van der Waals surface area contributed by atoms with Gasteiger partial charge in [-0.3, -0.25) is 11.3 Å². The lowest BCUT2D eigenvalue weighted by molar-refractivity contribution is 0.269. The summed E-state index contributed by atoms with van der Waals surface area (Å²) in [4.78, 5) is 0. The zero-order valence-corrected chi connectivity index (χ0v) is 5.74. The highest BCUT2D eigenvalue weighted by Gasteiger charge is 1.92. The first kappa shape index (κ1) is 11.0. The van der Waals surface area contributed by atoms with Crippen molar-refractivity contribution < 1.29 is 5.11 Å². The minimum atomic E-state index is 0. The van der Waals surface area contributed by atoms with Crippen LogP contribution in [0.1, 0.15) is 13.3 Å². The van der Waals surface area contributed by atoms with Gasteiger partial charge in [0.05, 0.1) is 0 Å². The Morgan fingerprint density at radius 3 is 2.38 bits per heavy atom. The fourth-order valence-electron chi connectivity index (χ4n) is 0.277. The van der Waals surface area contributed by atoms with Gasteiger partial charge < -0.3 is 5.11 Å². The van der Waals surface area contributed by atoms with Gasteiger partial charge in [-0.2, -0.15) is 0 Å². The van der Waals surface area contributed by atoms with Crippen LogP contribution in [0, 0.1) is 0 Å². The predicted molar refractivity (Wildman–Crippen MR) is 35.7 cm³/mol. The maximum Gasteiger partial charge on any atom is 0.0446 e. The van der Waals surface area contributed by atoms with Crippen molar-refractivity contribution in [2.24, 2.45) is 5.84 Å². The third-order valence-corrected chi connectivity index (χ3v) is 0.847. The minimum Gasteiger partial charge on any atom is -0.396 e. The third-order valence-electron chi connectivity index (χ3n) is 0.847. The maximum atomic E-state index is 8.27. The quantitative estimate of drug-likeness (QED) is 0.371. The van der Waals surface area contributed by atoms with Crippen molar-refractivity contribution in [3.05, 3.63) is 0 Å². The molecule has 0 fully saturated rings. The molecule has 0 saturated carbocycles. The van der Waals surface area contributed by atoms with Crippen molar-refractivity contribution in [2.75, 3.05) is 6.61 Å². The summed E-state index contributed by atoms with van der Waals surface area (Å²) < 4.78 is 0. The first-order chi connectivity index (χ1) is 3.31. The fraction of sp³-hybridized carbons (Fsp3) is 1.00. The van der Waals surface area contributed by atoms with Crippen molar-refractivity contribution in [2.45, 2.75) is 19.4 Å². The summed E-state index contributed by atoms with van der Waals surface area (Å²) >= 11 is 0. The van der Waals surface area contributed by atoms with E-state index in [0.717, 1.165) is 6.42 Å². The third kappa shape index (κ3) is 6.17. The van der Waals surface area contributed by atoms with Crippen LogP contribution in [-0.4, -0.2) is 17.8 Å². The van der Waals surface area contributed by atoms with Gasteiger partial charge in [0.15, 0.2) is 0 Å². The van der Waals surface area contributed by atoms with E-state index in [2.05, 4.69) is 5.43 Å². The second-order valence-electron chi connectivity index (χ2n) is 1.58. The molecule has 0 unspecified atom stereocenters. The second kappa shape index (κ2) is 7.17. The molecular formula is C4H13ClN2O. The van der Waals surface area contributed by atoms with Crippen molar-refractivity contribution in [1.82, 2.24) is 5.43 Å². The van der Waals surface area contributed by atoms with Crippen LogP contribution in [0.3, 0.4) is 0 Å². The molecule has 0 bridgehead atoms. The lowest BCUT2D eigenvalue weighted by Gasteiger charge is -2.04. The first-order valence-corrected chi connectivity index (χ1v) is 2.38. The molecule has 0 rings (SSSR count). The molecule has 52 valence electrons. The lowest BCUT2D eigenvalue weighted by Crippen LogP contribution is -2.32. The number of nitrogens with one attached hydrogen (secondary N) is 1. The van der Waals surface area contributed by atoms with Crippen LogP contribution < -0.4 is 11.3 Å². The summed E-state index contributed by atoms with van der Waals surface area (Å²) in [5.74, 6) is 5.00. The molecule has 4 N–H and O–H groups in total. The molecule has 0 aliphatic rings. The number of aliphatic hydroxyl groups is 1. The molecular weight excluding hydrogens is 128 g/mol. The summed E-state index contributed by atoms with van der Waals surface area (Å²) in [5.41, 5.74) is 2.51. The molecule has 0 saturated heterocycles. The molecule has 0 aromatic rings. The molecule has 4 heteroatoms. The van der Waals surface area contributed by atoms with Gasteiger partial charge in [0.1, 0.15) is 0 Å². The number of halogens is 1. The maximum absolute atomic E-state index is 8.27. The normalized spacial score (nSPS) is 12.4. The van der Waals surface area contributed by atoms with Crippen LogP contribution in [0.5, 0.6) is 0 Å². The van der Waals surface area contributed by atoms with Gasteiger partial charge in [0.25, 0.3) is 0 Å². The van der Waals surface area contributed by atoms with Crippen molar-refractivity contribution in [3.8, 4) is 0 Å². The topological polar surface area (TPSA) is 58.3 Å². The molecule has 0 spiro atoms. The fourth-order valence-corrected chi connectivity index (χ4v) is 0.277. The Kier molecular flexibility index (Phi) is 9.89. The Hall–Kier alpha value is 0.170. The van der Waals surface area contributed by atoms with Crippen molar-refractivity contribution >= 4 is 12.4 Å². The minimum absolute atomic E-state index is 0. The molecule has 8 heavy (non-hydrogen) atoms. The van der Waals surface area contributed by atoms with Crippen LogP contribution in [0.2, 0.25) is 0 Å². The van der Waals surface area contributed by atoms with Crippen LogP contribution in [0.4, 0.5) is 0 Å². The molecule has 1 atom stereocenters. The van der Waals surface area contributed by atoms with Crippen LogP contribution in [0.25, 0.3) is 0 Å². The average Bonchev–Trinajstić information content (AvgIpc) is 1.68. The van der Waals surface area contributed by atoms with Gasteiger partial charge in [0, 0.05) is 12.6 Å². The summed E-state index contributed by atoms with van der Waals surface area (Å²) in [5, 5.41) is 8.27. The van der Waals surface area contributed by atoms with Crippen LogP contribution in [-0.2, 0) is 0 Å². The van der Waals surface area contributed by atoms with E-state index in [1.54, 1.807) is 0 Å². The van der Waals surface area contributed by atoms with Crippen molar-refractivity contribution in [3.63, 3.8) is 0 Å². The number of aliphatic hydroxyl groups excluding tert-OH is 1. The van der Waals surface area contributed by atoms with E-state index in [4.69, 9.17) is 10.9 Å². The average molecular weight is 141 g/mol. The summed E-state index contributed by atoms with van der Waals surface area (Å²) in [6.45, 7) is 2.11. The highest BCUT2D eigenvalue weighted by Crippen LogP contribution is 1.82. The van der Waals surface area contributed by atoms with E-state index in [1.807, 2.05) is 6.92 Å². The van der Waals surface area contributed by atoms with Crippen LogP contribution in [0.15, 0.2) is 0 Å². The highest BCUT2D eigenvalue weighted by atomic mass is 35.5. The number of hydrogen-bond donors (Lipinski definition) is 3. The van der Waals surface area contributed by atoms with E-state index in [0.29, 0.717) is 0 Å². The molecule has 0 radical (unpaired) electrons. The number of hydrogen-bond acceptors (Lipinski definition) is 3. The largest absolute Gasteiger partial charge is 0.396 e. The van der Waals surface area contributed by atoms with E-state index in [1.165, 1.54) is 0 Å². The molecule has 3 nitrogen and oxygen atoms in total. The molecule has 0 aromatic heterocycles. The molecule has 0 aliphatic heterocycles. The zero-order valence-electron chi connectivity index (χ0n) is 4.92. The van der Waals surface area contributed by atoms with Gasteiger partial charge in [-0.25, -0.2) is 0 Å². The van der Waals surface area contributed by atoms with E-state index in [9.17, 15) is 0 Å². The SMILES string of the molecule is C[C@H](CCO)NN.Cl. The monoisotopic (exact) mass is 140 g/mol. The highest BCUT2D eigenvalue weighted by molar-refractivity contribution is 5.85. The Morgan fingerprint density at radius 2 is 2.25 bits per heavy atom. The smallest absolute Gasteiger partial charge is 0.0446 e.